The average Bonchev–Trinajstić information content (AvgIpc) is 2.45. The van der Waals surface area contributed by atoms with Crippen LogP contribution in [0.25, 0.3) is 0 Å². The highest BCUT2D eigenvalue weighted by atomic mass is 16.5. The predicted octanol–water partition coefficient (Wildman–Crippen LogP) is -0.260. The topological polar surface area (TPSA) is 70.7 Å². The van der Waals surface area contributed by atoms with Gasteiger partial charge in [0.15, 0.2) is 0 Å². The number of hydrogen-bond acceptors (Lipinski definition) is 4. The van der Waals surface area contributed by atoms with Gasteiger partial charge in [-0.05, 0) is 12.8 Å². The van der Waals surface area contributed by atoms with Gasteiger partial charge in [-0.3, -0.25) is 9.59 Å². The maximum atomic E-state index is 12.3. The molecule has 1 heterocycles. The van der Waals surface area contributed by atoms with Crippen molar-refractivity contribution in [3.05, 3.63) is 0 Å². The molecule has 1 fully saturated rings. The normalized spacial score (nSPS) is 18.9. The molecule has 1 unspecified atom stereocenters. The minimum atomic E-state index is -0.459. The van der Waals surface area contributed by atoms with Crippen molar-refractivity contribution in [1.29, 1.82) is 0 Å². The monoisotopic (exact) mass is 271 g/mol. The van der Waals surface area contributed by atoms with E-state index >= 15 is 0 Å². The largest absolute Gasteiger partial charge is 0.366 e. The molecule has 0 aliphatic carbocycles. The first-order chi connectivity index (χ1) is 9.19. The van der Waals surface area contributed by atoms with Gasteiger partial charge < -0.3 is 20.3 Å². The van der Waals surface area contributed by atoms with E-state index in [2.05, 4.69) is 10.6 Å². The zero-order valence-corrected chi connectivity index (χ0v) is 11.9. The number of carbonyl (C=O) groups is 2. The van der Waals surface area contributed by atoms with Gasteiger partial charge >= 0.3 is 0 Å². The Kier molecular flexibility index (Phi) is 7.43. The Morgan fingerprint density at radius 1 is 1.37 bits per heavy atom. The third kappa shape index (κ3) is 5.57. The van der Waals surface area contributed by atoms with Gasteiger partial charge in [-0.2, -0.15) is 0 Å². The van der Waals surface area contributed by atoms with Crippen LogP contribution in [0.15, 0.2) is 0 Å². The molecule has 0 saturated carbocycles. The molecule has 0 spiro atoms. The van der Waals surface area contributed by atoms with Gasteiger partial charge in [0.2, 0.25) is 5.91 Å². The van der Waals surface area contributed by atoms with Gasteiger partial charge in [0.05, 0.1) is 13.2 Å². The Morgan fingerprint density at radius 3 is 2.74 bits per heavy atom. The van der Waals surface area contributed by atoms with Crippen LogP contribution in [0.5, 0.6) is 0 Å². The molecule has 1 atom stereocenters. The van der Waals surface area contributed by atoms with E-state index in [0.29, 0.717) is 26.2 Å². The van der Waals surface area contributed by atoms with Gasteiger partial charge in [0.25, 0.3) is 5.91 Å². The van der Waals surface area contributed by atoms with Gasteiger partial charge in [0.1, 0.15) is 6.10 Å². The van der Waals surface area contributed by atoms with Crippen molar-refractivity contribution in [1.82, 2.24) is 15.5 Å². The Bertz CT molecular complexity index is 291. The van der Waals surface area contributed by atoms with Crippen molar-refractivity contribution in [2.45, 2.75) is 32.8 Å². The van der Waals surface area contributed by atoms with E-state index in [1.54, 1.807) is 4.90 Å². The van der Waals surface area contributed by atoms with Crippen molar-refractivity contribution >= 4 is 11.8 Å². The van der Waals surface area contributed by atoms with Crippen molar-refractivity contribution in [3.8, 4) is 0 Å². The SMILES string of the molecule is CCCNC(=O)CN(CCC)C(=O)C1CNCCO1. The molecule has 6 heteroatoms. The summed E-state index contributed by atoms with van der Waals surface area (Å²) in [7, 11) is 0. The van der Waals surface area contributed by atoms with Crippen LogP contribution in [0.4, 0.5) is 0 Å². The molecule has 110 valence electrons. The van der Waals surface area contributed by atoms with Crippen molar-refractivity contribution in [2.75, 3.05) is 39.3 Å². The first kappa shape index (κ1) is 15.9. The number of rotatable bonds is 7. The maximum absolute atomic E-state index is 12.3. The molecule has 0 radical (unpaired) electrons. The molecule has 2 N–H and O–H groups in total. The fraction of sp³-hybridized carbons (Fsp3) is 0.846. The summed E-state index contributed by atoms with van der Waals surface area (Å²) in [5, 5.41) is 5.92. The number of morpholine rings is 1. The molecule has 1 aliphatic rings. The van der Waals surface area contributed by atoms with Crippen molar-refractivity contribution in [2.24, 2.45) is 0 Å². The summed E-state index contributed by atoms with van der Waals surface area (Å²) in [5.74, 6) is -0.201. The Hall–Kier alpha value is -1.14. The fourth-order valence-corrected chi connectivity index (χ4v) is 1.96. The lowest BCUT2D eigenvalue weighted by molar-refractivity contribution is -0.147. The zero-order valence-electron chi connectivity index (χ0n) is 11.9. The van der Waals surface area contributed by atoms with Gasteiger partial charge in [0, 0.05) is 26.2 Å². The number of nitrogens with one attached hydrogen (secondary N) is 2. The smallest absolute Gasteiger partial charge is 0.253 e. The highest BCUT2D eigenvalue weighted by Gasteiger charge is 2.27. The minimum absolute atomic E-state index is 0.0966. The summed E-state index contributed by atoms with van der Waals surface area (Å²) in [6, 6.07) is 0. The molecule has 0 aromatic rings. The highest BCUT2D eigenvalue weighted by Crippen LogP contribution is 2.03. The molecule has 1 aliphatic heterocycles. The second-order valence-corrected chi connectivity index (χ2v) is 4.67. The summed E-state index contributed by atoms with van der Waals surface area (Å²) in [4.78, 5) is 25.6. The number of nitrogens with zero attached hydrogens (tertiary/aromatic N) is 1. The lowest BCUT2D eigenvalue weighted by atomic mass is 10.2. The Balaban J connectivity index is 2.49. The average molecular weight is 271 g/mol. The summed E-state index contributed by atoms with van der Waals surface area (Å²) in [5.41, 5.74) is 0. The van der Waals surface area contributed by atoms with Crippen LogP contribution in [0.3, 0.4) is 0 Å². The number of hydrogen-bond donors (Lipinski definition) is 2. The van der Waals surface area contributed by atoms with Crippen LogP contribution in [0.2, 0.25) is 0 Å². The van der Waals surface area contributed by atoms with E-state index in [0.717, 1.165) is 19.4 Å². The summed E-state index contributed by atoms with van der Waals surface area (Å²) < 4.78 is 5.44. The van der Waals surface area contributed by atoms with Crippen LogP contribution in [0.1, 0.15) is 26.7 Å². The lowest BCUT2D eigenvalue weighted by Crippen LogP contribution is -2.51. The van der Waals surface area contributed by atoms with E-state index in [4.69, 9.17) is 4.74 Å². The Morgan fingerprint density at radius 2 is 2.16 bits per heavy atom. The van der Waals surface area contributed by atoms with E-state index in [1.165, 1.54) is 0 Å². The molecule has 1 saturated heterocycles. The molecule has 0 aromatic carbocycles. The van der Waals surface area contributed by atoms with Crippen LogP contribution in [0, 0.1) is 0 Å². The van der Waals surface area contributed by atoms with E-state index in [-0.39, 0.29) is 18.4 Å². The summed E-state index contributed by atoms with van der Waals surface area (Å²) in [6.45, 7) is 7.17. The second-order valence-electron chi connectivity index (χ2n) is 4.67. The van der Waals surface area contributed by atoms with E-state index in [1.807, 2.05) is 13.8 Å². The number of ether oxygens (including phenoxy) is 1. The second kappa shape index (κ2) is 8.87. The van der Waals surface area contributed by atoms with Crippen molar-refractivity contribution in [3.63, 3.8) is 0 Å². The molecular weight excluding hydrogens is 246 g/mol. The van der Waals surface area contributed by atoms with Crippen LogP contribution >= 0.6 is 0 Å². The standard InChI is InChI=1S/C13H25N3O3/c1-3-5-15-12(17)10-16(7-4-2)13(18)11-9-14-6-8-19-11/h11,14H,3-10H2,1-2H3,(H,15,17). The maximum Gasteiger partial charge on any atom is 0.253 e. The van der Waals surface area contributed by atoms with Gasteiger partial charge in [-0.25, -0.2) is 0 Å². The van der Waals surface area contributed by atoms with E-state index in [9.17, 15) is 9.59 Å². The molecule has 19 heavy (non-hydrogen) atoms. The predicted molar refractivity (Wildman–Crippen MR) is 72.8 cm³/mol. The van der Waals surface area contributed by atoms with Crippen molar-refractivity contribution < 1.29 is 14.3 Å². The third-order valence-corrected chi connectivity index (χ3v) is 2.91. The Labute approximate surface area is 114 Å². The van der Waals surface area contributed by atoms with Gasteiger partial charge in [-0.1, -0.05) is 13.8 Å². The van der Waals surface area contributed by atoms with Crippen LogP contribution < -0.4 is 10.6 Å². The molecule has 0 aromatic heterocycles. The molecule has 1 rings (SSSR count). The minimum Gasteiger partial charge on any atom is -0.366 e. The number of carbonyl (C=O) groups excluding carboxylic acids is 2. The lowest BCUT2D eigenvalue weighted by Gasteiger charge is -2.29. The first-order valence-corrected chi connectivity index (χ1v) is 7.06. The van der Waals surface area contributed by atoms with Crippen LogP contribution in [-0.2, 0) is 14.3 Å². The molecular formula is C13H25N3O3. The quantitative estimate of drug-likeness (QED) is 0.669. The van der Waals surface area contributed by atoms with E-state index < -0.39 is 6.10 Å². The molecule has 6 nitrogen and oxygen atoms in total. The highest BCUT2D eigenvalue weighted by molar-refractivity contribution is 5.87. The fourth-order valence-electron chi connectivity index (χ4n) is 1.96. The van der Waals surface area contributed by atoms with Crippen LogP contribution in [-0.4, -0.2) is 62.1 Å². The molecule has 2 amide bonds. The summed E-state index contributed by atoms with van der Waals surface area (Å²) in [6.07, 6.45) is 1.26. The summed E-state index contributed by atoms with van der Waals surface area (Å²) >= 11 is 0. The third-order valence-electron chi connectivity index (χ3n) is 2.91. The zero-order chi connectivity index (χ0) is 14.1. The van der Waals surface area contributed by atoms with Gasteiger partial charge in [-0.15, -0.1) is 0 Å². The number of amides is 2. The first-order valence-electron chi connectivity index (χ1n) is 7.06. The molecule has 0 bridgehead atoms.